The Labute approximate surface area is 530 Å². The molecule has 0 saturated heterocycles. The third-order valence-electron chi connectivity index (χ3n) is 14.2. The highest BCUT2D eigenvalue weighted by Gasteiger charge is 2.40. The molecule has 0 spiro atoms. The van der Waals surface area contributed by atoms with Gasteiger partial charge in [0.1, 0.15) is 58.4 Å². The summed E-state index contributed by atoms with van der Waals surface area (Å²) >= 11 is 0. The van der Waals surface area contributed by atoms with Crippen molar-refractivity contribution >= 4 is 76.9 Å². The lowest BCUT2D eigenvalue weighted by Gasteiger charge is -2.32. The van der Waals surface area contributed by atoms with Crippen LogP contribution in [0.5, 0.6) is 0 Å². The van der Waals surface area contributed by atoms with Crippen molar-refractivity contribution in [3.63, 3.8) is 0 Å². The first-order valence-corrected chi connectivity index (χ1v) is 29.5. The second-order valence-corrected chi connectivity index (χ2v) is 24.1. The van der Waals surface area contributed by atoms with E-state index in [1.54, 1.807) is 72.8 Å². The average Bonchev–Trinajstić information content (AvgIpc) is 3.44. The monoisotopic (exact) mass is 1260 g/mol. The molecular weight excluding hydrogens is 1170 g/mol. The zero-order chi connectivity index (χ0) is 68.2. The molecule has 0 aliphatic carbocycles. The summed E-state index contributed by atoms with van der Waals surface area (Å²) in [6, 6.07) is 13.1. The molecule has 0 saturated carbocycles. The maximum Gasteiger partial charge on any atom is 0.328 e. The fourth-order valence-electron chi connectivity index (χ4n) is 8.47. The predicted molar refractivity (Wildman–Crippen MR) is 335 cm³/mol. The Morgan fingerprint density at radius 1 is 0.451 bits per heavy atom. The highest BCUT2D eigenvalue weighted by Crippen LogP contribution is 2.14. The molecule has 6 atom stereocenters. The van der Waals surface area contributed by atoms with Crippen molar-refractivity contribution in [2.45, 2.75) is 174 Å². The molecule has 2 heterocycles. The maximum atomic E-state index is 13.6. The fraction of sp³-hybridized carbons (Fsp3) is 0.462. The highest BCUT2D eigenvalue weighted by molar-refractivity contribution is 6.01. The van der Waals surface area contributed by atoms with Gasteiger partial charge in [-0.2, -0.15) is 0 Å². The van der Waals surface area contributed by atoms with Crippen molar-refractivity contribution in [1.29, 1.82) is 0 Å². The topological polar surface area (TPSA) is 375 Å². The Morgan fingerprint density at radius 2 is 0.780 bits per heavy atom. The molecule has 3 aromatic carbocycles. The van der Waals surface area contributed by atoms with Crippen molar-refractivity contribution in [2.75, 3.05) is 20.2 Å². The molecule has 488 valence electrons. The highest BCUT2D eigenvalue weighted by atomic mass is 16.5. The van der Waals surface area contributed by atoms with E-state index in [-0.39, 0.29) is 38.8 Å². The van der Waals surface area contributed by atoms with Crippen molar-refractivity contribution in [3.8, 4) is 23.7 Å². The number of hydrogen-bond acceptors (Lipinski definition) is 14. The standard InChI is InChI=1S/C65H84N12O14/c1-37-50(79)74-62(6,7)58(87)69-38(2)51(80)75-63(8,9)59(88)70-39(3)52(81)76-64(10,11)60(89)71-40(4)53(82)77-65(12,13)61(90)73-49(57(86)91-14)24-18-34-67-55(84)47-22-16-20-45(36-47)32-30-43-27-25-42(26-28-43)29-31-44-19-15-21-46(35-44)54(83)66-33-17-23-48(56(85)68-37)72-41(5)78/h15-16,19-22,25-28,35-40,48-49H,17-18,23-24,33-34H2,1-14H3,(H,66,83)(H,67,84)(H,68,85)(H,69,87)(H,70,88)(H,71,89)(H,72,78)(H,73,90)(H,74,79)(H,75,80)(H,76,81)(H,77,82). The molecule has 6 bridgehead atoms. The number of amides is 12. The molecule has 91 heavy (non-hydrogen) atoms. The molecule has 26 nitrogen and oxygen atoms in total. The minimum atomic E-state index is -1.70. The van der Waals surface area contributed by atoms with E-state index in [9.17, 15) is 62.3 Å². The second-order valence-electron chi connectivity index (χ2n) is 24.1. The van der Waals surface area contributed by atoms with E-state index >= 15 is 0 Å². The van der Waals surface area contributed by atoms with Crippen LogP contribution in [0.2, 0.25) is 0 Å². The first-order chi connectivity index (χ1) is 42.4. The number of ether oxygens (including phenoxy) is 1. The summed E-state index contributed by atoms with van der Waals surface area (Å²) in [6.07, 6.45) is 0.556. The Hall–Kier alpha value is -10.1. The molecule has 2 aliphatic heterocycles. The Bertz CT molecular complexity index is 3410. The lowest BCUT2D eigenvalue weighted by molar-refractivity contribution is -0.146. The first-order valence-electron chi connectivity index (χ1n) is 29.5. The summed E-state index contributed by atoms with van der Waals surface area (Å²) in [5.41, 5.74) is -3.60. The van der Waals surface area contributed by atoms with Gasteiger partial charge in [-0.05, 0) is 169 Å². The SMILES string of the molecule is COC(=O)C1CCCNC(=O)c2cccc(c2)C#Cc2ccc(cc2)C#Cc2cccc(c2)C(=O)NCCCC(NC(C)=O)C(=O)NC(C)C(=O)NC(C)(C)C(=O)NC(C)C(=O)NC(C)(C)C(=O)NC(C)C(=O)NC(C)(C)C(=O)NC(C)C(=O)NC(C)(C)C(=O)N1. The minimum absolute atomic E-state index is 0.0340. The van der Waals surface area contributed by atoms with Crippen LogP contribution >= 0.6 is 0 Å². The van der Waals surface area contributed by atoms with Gasteiger partial charge in [0.15, 0.2) is 0 Å². The average molecular weight is 1260 g/mol. The van der Waals surface area contributed by atoms with Crippen molar-refractivity contribution < 1.29 is 67.1 Å². The number of fused-ring (bicyclic) bond motifs is 39. The Morgan fingerprint density at radius 3 is 1.13 bits per heavy atom. The number of carbonyl (C=O) groups excluding carboxylic acids is 13. The van der Waals surface area contributed by atoms with Crippen molar-refractivity contribution in [2.24, 2.45) is 0 Å². The second kappa shape index (κ2) is 32.4. The van der Waals surface area contributed by atoms with E-state index in [1.807, 2.05) is 0 Å². The third kappa shape index (κ3) is 22.8. The van der Waals surface area contributed by atoms with Crippen LogP contribution in [-0.4, -0.2) is 155 Å². The molecule has 3 aromatic rings. The van der Waals surface area contributed by atoms with Gasteiger partial charge in [-0.1, -0.05) is 35.8 Å². The first kappa shape index (κ1) is 73.4. The minimum Gasteiger partial charge on any atom is -0.467 e. The van der Waals surface area contributed by atoms with E-state index in [1.165, 1.54) is 90.0 Å². The van der Waals surface area contributed by atoms with Gasteiger partial charge in [0, 0.05) is 53.4 Å². The molecule has 0 fully saturated rings. The van der Waals surface area contributed by atoms with E-state index in [2.05, 4.69) is 87.5 Å². The summed E-state index contributed by atoms with van der Waals surface area (Å²) in [5.74, 6) is 2.91. The van der Waals surface area contributed by atoms with Gasteiger partial charge < -0.3 is 68.5 Å². The lowest BCUT2D eigenvalue weighted by atomic mass is 10.0. The van der Waals surface area contributed by atoms with Gasteiger partial charge >= 0.3 is 5.97 Å². The van der Waals surface area contributed by atoms with Gasteiger partial charge in [-0.25, -0.2) is 4.79 Å². The van der Waals surface area contributed by atoms with Crippen LogP contribution in [0.25, 0.3) is 0 Å². The lowest BCUT2D eigenvalue weighted by Crippen LogP contribution is -2.65. The number of rotatable bonds is 2. The number of hydrogen-bond donors (Lipinski definition) is 12. The predicted octanol–water partition coefficient (Wildman–Crippen LogP) is 0.280. The van der Waals surface area contributed by atoms with Crippen LogP contribution in [0.3, 0.4) is 0 Å². The molecule has 0 aromatic heterocycles. The third-order valence-corrected chi connectivity index (χ3v) is 14.2. The van der Waals surface area contributed by atoms with E-state index < -0.39 is 135 Å². The summed E-state index contributed by atoms with van der Waals surface area (Å²) in [6.45, 7) is 17.6. The number of nitrogens with one attached hydrogen (secondary N) is 12. The van der Waals surface area contributed by atoms with E-state index in [0.717, 1.165) is 7.11 Å². The number of methoxy groups -OCH3 is 1. The Kier molecular flexibility index (Phi) is 26.1. The van der Waals surface area contributed by atoms with Crippen LogP contribution < -0.4 is 63.8 Å². The molecule has 5 rings (SSSR count). The summed E-state index contributed by atoms with van der Waals surface area (Å²) in [4.78, 5) is 173. The quantitative estimate of drug-likeness (QED) is 0.0932. The van der Waals surface area contributed by atoms with Crippen LogP contribution in [0.1, 0.15) is 159 Å². The largest absolute Gasteiger partial charge is 0.467 e. The summed E-state index contributed by atoms with van der Waals surface area (Å²) in [5, 5.41) is 30.9. The van der Waals surface area contributed by atoms with Gasteiger partial charge in [0.25, 0.3) is 11.8 Å². The van der Waals surface area contributed by atoms with Crippen LogP contribution in [0.15, 0.2) is 72.8 Å². The normalized spacial score (nSPS) is 23.1. The summed E-state index contributed by atoms with van der Waals surface area (Å²) in [7, 11) is 1.14. The van der Waals surface area contributed by atoms with E-state index in [0.29, 0.717) is 33.4 Å². The van der Waals surface area contributed by atoms with Gasteiger partial charge in [-0.3, -0.25) is 57.5 Å². The number of esters is 1. The molecule has 12 N–H and O–H groups in total. The van der Waals surface area contributed by atoms with E-state index in [4.69, 9.17) is 4.74 Å². The van der Waals surface area contributed by atoms with Gasteiger partial charge in [-0.15, -0.1) is 0 Å². The molecule has 2 aliphatic rings. The molecule has 12 amide bonds. The smallest absolute Gasteiger partial charge is 0.328 e. The van der Waals surface area contributed by atoms with Crippen LogP contribution in [0, 0.1) is 23.7 Å². The maximum absolute atomic E-state index is 13.6. The van der Waals surface area contributed by atoms with Crippen LogP contribution in [-0.2, 0) is 57.5 Å². The molecule has 6 unspecified atom stereocenters. The van der Waals surface area contributed by atoms with Crippen molar-refractivity contribution in [3.05, 3.63) is 106 Å². The van der Waals surface area contributed by atoms with Crippen LogP contribution in [0.4, 0.5) is 0 Å². The fourth-order valence-corrected chi connectivity index (χ4v) is 8.47. The zero-order valence-corrected chi connectivity index (χ0v) is 53.9. The summed E-state index contributed by atoms with van der Waals surface area (Å²) < 4.78 is 4.93. The van der Waals surface area contributed by atoms with Gasteiger partial charge in [0.05, 0.1) is 7.11 Å². The van der Waals surface area contributed by atoms with Crippen molar-refractivity contribution in [1.82, 2.24) is 63.8 Å². The Balaban J connectivity index is 1.53. The molecule has 26 heteroatoms. The number of benzene rings is 3. The molecular formula is C65H84N12O14. The van der Waals surface area contributed by atoms with Gasteiger partial charge in [0.2, 0.25) is 59.1 Å². The zero-order valence-electron chi connectivity index (χ0n) is 53.9. The molecule has 0 radical (unpaired) electrons. The number of carbonyl (C=O) groups is 13.